The van der Waals surface area contributed by atoms with Gasteiger partial charge < -0.3 is 14.9 Å². The molecule has 7 heteroatoms. The topological polar surface area (TPSA) is 102 Å². The fourth-order valence-corrected chi connectivity index (χ4v) is 1.79. The lowest BCUT2D eigenvalue weighted by Crippen LogP contribution is -2.08. The highest BCUT2D eigenvalue weighted by Crippen LogP contribution is 2.03. The Labute approximate surface area is 137 Å². The third-order valence-electron chi connectivity index (χ3n) is 3.11. The summed E-state index contributed by atoms with van der Waals surface area (Å²) in [4.78, 5) is 32.0. The number of hydrogen-bond acceptors (Lipinski definition) is 7. The van der Waals surface area contributed by atoms with Crippen LogP contribution in [-0.4, -0.2) is 48.6 Å². The average molecular weight is 334 g/mol. The predicted octanol–water partition coefficient (Wildman–Crippen LogP) is 1.89. The first kappa shape index (κ1) is 21.8. The Kier molecular flexibility index (Phi) is 16.3. The van der Waals surface area contributed by atoms with Gasteiger partial charge in [0.25, 0.3) is 0 Å². The number of hydrogen-bond donors (Lipinski definition) is 2. The summed E-state index contributed by atoms with van der Waals surface area (Å²) in [7, 11) is 0. The van der Waals surface area contributed by atoms with E-state index in [4.69, 9.17) is 19.8 Å². The zero-order valence-corrected chi connectivity index (χ0v) is 13.8. The van der Waals surface area contributed by atoms with Gasteiger partial charge in [-0.25, -0.2) is 4.79 Å². The first-order valence-corrected chi connectivity index (χ1v) is 8.40. The zero-order valence-electron chi connectivity index (χ0n) is 13.8. The molecule has 0 aliphatic carbocycles. The lowest BCUT2D eigenvalue weighted by Gasteiger charge is -2.05. The minimum atomic E-state index is -0.405. The molecule has 0 heterocycles. The number of esters is 1. The molecule has 0 saturated heterocycles. The van der Waals surface area contributed by atoms with Crippen molar-refractivity contribution in [3.63, 3.8) is 0 Å². The van der Waals surface area contributed by atoms with Gasteiger partial charge in [-0.2, -0.15) is 4.89 Å². The van der Waals surface area contributed by atoms with Crippen molar-refractivity contribution in [3.8, 4) is 0 Å². The van der Waals surface area contributed by atoms with Crippen LogP contribution in [0.25, 0.3) is 0 Å². The number of carbonyl (C=O) groups excluding carboxylic acids is 2. The normalized spacial score (nSPS) is 10.5. The second-order valence-electron chi connectivity index (χ2n) is 5.27. The summed E-state index contributed by atoms with van der Waals surface area (Å²) in [6.07, 6.45) is 6.37. The number of aliphatic hydroxyl groups excluding tert-OH is 2. The minimum Gasteiger partial charge on any atom is -0.466 e. The summed E-state index contributed by atoms with van der Waals surface area (Å²) >= 11 is 0. The highest BCUT2D eigenvalue weighted by atomic mass is 17.2. The number of aliphatic hydroxyl groups is 2. The van der Waals surface area contributed by atoms with Gasteiger partial charge in [0.15, 0.2) is 0 Å². The molecule has 0 saturated carbocycles. The van der Waals surface area contributed by atoms with Gasteiger partial charge in [-0.05, 0) is 38.5 Å². The maximum absolute atomic E-state index is 11.3. The summed E-state index contributed by atoms with van der Waals surface area (Å²) < 4.78 is 5.04. The largest absolute Gasteiger partial charge is 0.466 e. The highest BCUT2D eigenvalue weighted by molar-refractivity contribution is 5.69. The molecule has 0 aliphatic heterocycles. The Balaban J connectivity index is 3.26. The van der Waals surface area contributed by atoms with Crippen LogP contribution in [0.1, 0.15) is 64.2 Å². The molecule has 0 spiro atoms. The molecule has 0 fully saturated rings. The van der Waals surface area contributed by atoms with E-state index in [1.807, 2.05) is 0 Å². The van der Waals surface area contributed by atoms with E-state index in [0.29, 0.717) is 45.1 Å². The van der Waals surface area contributed by atoms with E-state index in [-0.39, 0.29) is 32.2 Å². The van der Waals surface area contributed by atoms with Crippen molar-refractivity contribution < 1.29 is 34.3 Å². The molecular weight excluding hydrogens is 304 g/mol. The summed E-state index contributed by atoms with van der Waals surface area (Å²) in [5.41, 5.74) is 0. The molecule has 0 aromatic carbocycles. The van der Waals surface area contributed by atoms with Crippen LogP contribution in [-0.2, 0) is 24.1 Å². The van der Waals surface area contributed by atoms with E-state index < -0.39 is 5.97 Å². The molecule has 0 amide bonds. The van der Waals surface area contributed by atoms with Crippen LogP contribution in [0, 0.1) is 0 Å². The first-order chi connectivity index (χ1) is 11.2. The van der Waals surface area contributed by atoms with E-state index >= 15 is 0 Å². The van der Waals surface area contributed by atoms with Gasteiger partial charge in [-0.15, -0.1) is 0 Å². The Morgan fingerprint density at radius 1 is 0.652 bits per heavy atom. The maximum atomic E-state index is 11.3. The SMILES string of the molecule is O=C(CCCCCO)OCCCCOOC(=O)CCCCCO. The van der Waals surface area contributed by atoms with Gasteiger partial charge in [0, 0.05) is 26.1 Å². The van der Waals surface area contributed by atoms with E-state index in [1.165, 1.54) is 0 Å². The lowest BCUT2D eigenvalue weighted by atomic mass is 10.2. The minimum absolute atomic E-state index is 0.138. The molecule has 7 nitrogen and oxygen atoms in total. The van der Waals surface area contributed by atoms with Crippen LogP contribution < -0.4 is 0 Å². The van der Waals surface area contributed by atoms with Crippen LogP contribution in [0.4, 0.5) is 0 Å². The second kappa shape index (κ2) is 17.2. The van der Waals surface area contributed by atoms with Gasteiger partial charge in [0.2, 0.25) is 0 Å². The molecule has 0 radical (unpaired) electrons. The summed E-state index contributed by atoms with van der Waals surface area (Å²) in [5.74, 6) is -0.629. The van der Waals surface area contributed by atoms with Gasteiger partial charge >= 0.3 is 11.9 Å². The third-order valence-corrected chi connectivity index (χ3v) is 3.11. The number of ether oxygens (including phenoxy) is 1. The third kappa shape index (κ3) is 17.0. The van der Waals surface area contributed by atoms with Crippen molar-refractivity contribution in [2.24, 2.45) is 0 Å². The Morgan fingerprint density at radius 3 is 1.83 bits per heavy atom. The van der Waals surface area contributed by atoms with Gasteiger partial charge in [-0.3, -0.25) is 9.68 Å². The Hall–Kier alpha value is -1.18. The maximum Gasteiger partial charge on any atom is 0.342 e. The van der Waals surface area contributed by atoms with Crippen LogP contribution in [0.15, 0.2) is 0 Å². The van der Waals surface area contributed by atoms with Crippen LogP contribution in [0.3, 0.4) is 0 Å². The molecule has 23 heavy (non-hydrogen) atoms. The molecular formula is C16H30O7. The molecule has 0 unspecified atom stereocenters. The fraction of sp³-hybridized carbons (Fsp3) is 0.875. The van der Waals surface area contributed by atoms with Crippen LogP contribution >= 0.6 is 0 Å². The summed E-state index contributed by atoms with van der Waals surface area (Å²) in [6, 6.07) is 0. The molecule has 0 atom stereocenters. The zero-order chi connectivity index (χ0) is 17.2. The summed E-state index contributed by atoms with van der Waals surface area (Å²) in [6.45, 7) is 0.898. The van der Waals surface area contributed by atoms with Gasteiger partial charge in [0.1, 0.15) is 0 Å². The van der Waals surface area contributed by atoms with Crippen molar-refractivity contribution >= 4 is 11.9 Å². The van der Waals surface area contributed by atoms with E-state index in [2.05, 4.69) is 4.89 Å². The highest BCUT2D eigenvalue weighted by Gasteiger charge is 2.04. The molecule has 0 rings (SSSR count). The monoisotopic (exact) mass is 334 g/mol. The Bertz CT molecular complexity index is 266. The van der Waals surface area contributed by atoms with Gasteiger partial charge in [0.05, 0.1) is 13.2 Å². The number of unbranched alkanes of at least 4 members (excludes halogenated alkanes) is 5. The van der Waals surface area contributed by atoms with Gasteiger partial charge in [-0.1, -0.05) is 12.8 Å². The fourth-order valence-electron chi connectivity index (χ4n) is 1.79. The molecule has 0 bridgehead atoms. The van der Waals surface area contributed by atoms with E-state index in [0.717, 1.165) is 19.3 Å². The second-order valence-corrected chi connectivity index (χ2v) is 5.27. The smallest absolute Gasteiger partial charge is 0.342 e. The van der Waals surface area contributed by atoms with E-state index in [9.17, 15) is 9.59 Å². The Morgan fingerprint density at radius 2 is 1.22 bits per heavy atom. The molecule has 0 aromatic rings. The molecule has 136 valence electrons. The lowest BCUT2D eigenvalue weighted by molar-refractivity contribution is -0.272. The number of rotatable bonds is 16. The number of carbonyl (C=O) groups is 2. The van der Waals surface area contributed by atoms with Crippen molar-refractivity contribution in [1.29, 1.82) is 0 Å². The van der Waals surface area contributed by atoms with Crippen molar-refractivity contribution in [3.05, 3.63) is 0 Å². The molecule has 0 aromatic heterocycles. The van der Waals surface area contributed by atoms with Crippen molar-refractivity contribution in [1.82, 2.24) is 0 Å². The average Bonchev–Trinajstić information content (AvgIpc) is 2.54. The molecule has 0 aliphatic rings. The quantitative estimate of drug-likeness (QED) is 0.192. The first-order valence-electron chi connectivity index (χ1n) is 8.40. The van der Waals surface area contributed by atoms with Crippen molar-refractivity contribution in [2.45, 2.75) is 64.2 Å². The van der Waals surface area contributed by atoms with E-state index in [1.54, 1.807) is 0 Å². The van der Waals surface area contributed by atoms with Crippen molar-refractivity contribution in [2.75, 3.05) is 26.4 Å². The van der Waals surface area contributed by atoms with Crippen LogP contribution in [0.5, 0.6) is 0 Å². The summed E-state index contributed by atoms with van der Waals surface area (Å²) in [5, 5.41) is 17.2. The standard InChI is InChI=1S/C16H30O7/c17-11-5-1-3-9-15(19)21-13-7-8-14-22-23-16(20)10-4-2-6-12-18/h17-18H,1-14H2. The predicted molar refractivity (Wildman–Crippen MR) is 83.3 cm³/mol. The van der Waals surface area contributed by atoms with Crippen LogP contribution in [0.2, 0.25) is 0 Å². The molecule has 2 N–H and O–H groups in total.